The van der Waals surface area contributed by atoms with Gasteiger partial charge in [0.25, 0.3) is 0 Å². The smallest absolute Gasteiger partial charge is 0.119 e. The third kappa shape index (κ3) is 2.96. The zero-order chi connectivity index (χ0) is 10.5. The van der Waals surface area contributed by atoms with E-state index in [-0.39, 0.29) is 0 Å². The van der Waals surface area contributed by atoms with Crippen LogP contribution < -0.4 is 10.1 Å². The van der Waals surface area contributed by atoms with Crippen molar-refractivity contribution in [3.8, 4) is 5.75 Å². The quantitative estimate of drug-likeness (QED) is 0.818. The Morgan fingerprint density at radius 2 is 2.13 bits per heavy atom. The Morgan fingerprint density at radius 1 is 1.33 bits per heavy atom. The average molecular weight is 205 g/mol. The Hall–Kier alpha value is -1.02. The molecule has 1 aromatic rings. The molecule has 1 atom stereocenters. The first-order chi connectivity index (χ1) is 7.38. The first-order valence-corrected chi connectivity index (χ1v) is 5.85. The fourth-order valence-corrected chi connectivity index (χ4v) is 1.92. The minimum absolute atomic E-state index is 0.353. The molecule has 1 aliphatic rings. The minimum atomic E-state index is 0.353. The van der Waals surface area contributed by atoms with Crippen molar-refractivity contribution in [2.75, 3.05) is 13.1 Å². The van der Waals surface area contributed by atoms with Gasteiger partial charge in [-0.1, -0.05) is 19.1 Å². The highest BCUT2D eigenvalue weighted by atomic mass is 16.5. The lowest BCUT2D eigenvalue weighted by Crippen LogP contribution is -2.37. The SMILES string of the molecule is CCc1ccc(O[C@@H]2CCCNC2)cc1. The number of ether oxygens (including phenoxy) is 1. The van der Waals surface area contributed by atoms with Crippen molar-refractivity contribution in [3.05, 3.63) is 29.8 Å². The van der Waals surface area contributed by atoms with Crippen LogP contribution >= 0.6 is 0 Å². The Bertz CT molecular complexity index is 288. The summed E-state index contributed by atoms with van der Waals surface area (Å²) in [6, 6.07) is 8.44. The standard InChI is InChI=1S/C13H19NO/c1-2-11-5-7-12(8-6-11)15-13-4-3-9-14-10-13/h5-8,13-14H,2-4,9-10H2,1H3/t13-/m1/s1. The van der Waals surface area contributed by atoms with Gasteiger partial charge in [-0.2, -0.15) is 0 Å². The van der Waals surface area contributed by atoms with Gasteiger partial charge < -0.3 is 10.1 Å². The van der Waals surface area contributed by atoms with Crippen LogP contribution in [-0.2, 0) is 6.42 Å². The van der Waals surface area contributed by atoms with E-state index in [1.807, 2.05) is 0 Å². The Labute approximate surface area is 91.6 Å². The molecule has 1 aromatic carbocycles. The lowest BCUT2D eigenvalue weighted by molar-refractivity contribution is 0.167. The van der Waals surface area contributed by atoms with Crippen molar-refractivity contribution < 1.29 is 4.74 Å². The van der Waals surface area contributed by atoms with E-state index in [1.54, 1.807) is 0 Å². The van der Waals surface area contributed by atoms with Gasteiger partial charge in [-0.3, -0.25) is 0 Å². The maximum Gasteiger partial charge on any atom is 0.119 e. The molecule has 1 saturated heterocycles. The summed E-state index contributed by atoms with van der Waals surface area (Å²) in [5.41, 5.74) is 1.36. The maximum atomic E-state index is 5.89. The summed E-state index contributed by atoms with van der Waals surface area (Å²) in [6.45, 7) is 4.28. The molecule has 0 radical (unpaired) electrons. The highest BCUT2D eigenvalue weighted by Crippen LogP contribution is 2.16. The number of nitrogens with one attached hydrogen (secondary N) is 1. The highest BCUT2D eigenvalue weighted by molar-refractivity contribution is 5.27. The van der Waals surface area contributed by atoms with Gasteiger partial charge >= 0.3 is 0 Å². The zero-order valence-electron chi connectivity index (χ0n) is 9.33. The Morgan fingerprint density at radius 3 is 2.73 bits per heavy atom. The molecule has 15 heavy (non-hydrogen) atoms. The fourth-order valence-electron chi connectivity index (χ4n) is 1.92. The van der Waals surface area contributed by atoms with Crippen molar-refractivity contribution in [3.63, 3.8) is 0 Å². The number of hydrogen-bond acceptors (Lipinski definition) is 2. The van der Waals surface area contributed by atoms with Gasteiger partial charge in [0, 0.05) is 6.54 Å². The summed E-state index contributed by atoms with van der Waals surface area (Å²) in [7, 11) is 0. The monoisotopic (exact) mass is 205 g/mol. The third-order valence-corrected chi connectivity index (χ3v) is 2.89. The molecule has 0 saturated carbocycles. The van der Waals surface area contributed by atoms with Gasteiger partial charge in [-0.25, -0.2) is 0 Å². The third-order valence-electron chi connectivity index (χ3n) is 2.89. The van der Waals surface area contributed by atoms with E-state index >= 15 is 0 Å². The molecule has 82 valence electrons. The molecule has 2 heteroatoms. The van der Waals surface area contributed by atoms with E-state index in [9.17, 15) is 0 Å². The molecule has 0 aliphatic carbocycles. The summed E-state index contributed by atoms with van der Waals surface area (Å²) < 4.78 is 5.89. The van der Waals surface area contributed by atoms with Crippen LogP contribution in [0.25, 0.3) is 0 Å². The molecule has 0 aromatic heterocycles. The largest absolute Gasteiger partial charge is 0.489 e. The number of aryl methyl sites for hydroxylation is 1. The predicted octanol–water partition coefficient (Wildman–Crippen LogP) is 2.38. The molecule has 0 bridgehead atoms. The van der Waals surface area contributed by atoms with Crippen LogP contribution in [0.15, 0.2) is 24.3 Å². The number of piperidine rings is 1. The van der Waals surface area contributed by atoms with Crippen LogP contribution in [0.5, 0.6) is 5.75 Å². The van der Waals surface area contributed by atoms with Crippen molar-refractivity contribution in [1.29, 1.82) is 0 Å². The second-order valence-electron chi connectivity index (χ2n) is 4.08. The second kappa shape index (κ2) is 5.17. The van der Waals surface area contributed by atoms with E-state index in [1.165, 1.54) is 18.4 Å². The van der Waals surface area contributed by atoms with Gasteiger partial charge in [0.15, 0.2) is 0 Å². The maximum absolute atomic E-state index is 5.89. The van der Waals surface area contributed by atoms with Crippen LogP contribution in [0, 0.1) is 0 Å². The van der Waals surface area contributed by atoms with E-state index in [0.29, 0.717) is 6.10 Å². The van der Waals surface area contributed by atoms with Gasteiger partial charge in [-0.05, 0) is 43.5 Å². The Balaban J connectivity index is 1.91. The summed E-state index contributed by atoms with van der Waals surface area (Å²) in [5.74, 6) is 1.00. The number of rotatable bonds is 3. The van der Waals surface area contributed by atoms with Gasteiger partial charge in [-0.15, -0.1) is 0 Å². The van der Waals surface area contributed by atoms with E-state index in [2.05, 4.69) is 36.5 Å². The van der Waals surface area contributed by atoms with Crippen molar-refractivity contribution in [1.82, 2.24) is 5.32 Å². The molecule has 0 amide bonds. The molecular weight excluding hydrogens is 186 g/mol. The highest BCUT2D eigenvalue weighted by Gasteiger charge is 2.13. The number of hydrogen-bond donors (Lipinski definition) is 1. The lowest BCUT2D eigenvalue weighted by Gasteiger charge is -2.23. The molecule has 1 heterocycles. The first kappa shape index (κ1) is 10.5. The molecule has 2 nitrogen and oxygen atoms in total. The molecule has 1 aliphatic heterocycles. The average Bonchev–Trinajstić information content (AvgIpc) is 2.31. The summed E-state index contributed by atoms with van der Waals surface area (Å²) >= 11 is 0. The van der Waals surface area contributed by atoms with Gasteiger partial charge in [0.1, 0.15) is 11.9 Å². The molecule has 0 spiro atoms. The second-order valence-corrected chi connectivity index (χ2v) is 4.08. The topological polar surface area (TPSA) is 21.3 Å². The molecular formula is C13H19NO. The van der Waals surface area contributed by atoms with E-state index in [4.69, 9.17) is 4.74 Å². The number of benzene rings is 1. The summed E-state index contributed by atoms with van der Waals surface area (Å²) in [5, 5.41) is 3.35. The summed E-state index contributed by atoms with van der Waals surface area (Å²) in [4.78, 5) is 0. The van der Waals surface area contributed by atoms with Crippen molar-refractivity contribution in [2.45, 2.75) is 32.3 Å². The minimum Gasteiger partial charge on any atom is -0.489 e. The van der Waals surface area contributed by atoms with Crippen LogP contribution in [0.1, 0.15) is 25.3 Å². The predicted molar refractivity (Wildman–Crippen MR) is 62.3 cm³/mol. The van der Waals surface area contributed by atoms with Gasteiger partial charge in [0.2, 0.25) is 0 Å². The lowest BCUT2D eigenvalue weighted by atomic mass is 10.1. The normalized spacial score (nSPS) is 21.3. The van der Waals surface area contributed by atoms with E-state index in [0.717, 1.165) is 25.3 Å². The van der Waals surface area contributed by atoms with Crippen molar-refractivity contribution >= 4 is 0 Å². The van der Waals surface area contributed by atoms with Gasteiger partial charge in [0.05, 0.1) is 0 Å². The molecule has 1 N–H and O–H groups in total. The van der Waals surface area contributed by atoms with Crippen LogP contribution in [-0.4, -0.2) is 19.2 Å². The Kier molecular flexibility index (Phi) is 3.62. The molecule has 2 rings (SSSR count). The first-order valence-electron chi connectivity index (χ1n) is 5.85. The summed E-state index contributed by atoms with van der Waals surface area (Å²) in [6.07, 6.45) is 3.83. The van der Waals surface area contributed by atoms with Crippen LogP contribution in [0.2, 0.25) is 0 Å². The van der Waals surface area contributed by atoms with E-state index < -0.39 is 0 Å². The van der Waals surface area contributed by atoms with Crippen molar-refractivity contribution in [2.24, 2.45) is 0 Å². The van der Waals surface area contributed by atoms with Crippen LogP contribution in [0.3, 0.4) is 0 Å². The zero-order valence-corrected chi connectivity index (χ0v) is 9.33. The van der Waals surface area contributed by atoms with Crippen LogP contribution in [0.4, 0.5) is 0 Å². The fraction of sp³-hybridized carbons (Fsp3) is 0.538. The molecule has 0 unspecified atom stereocenters. The molecule has 1 fully saturated rings.